The molecule has 3 nitrogen and oxygen atoms in total. The summed E-state index contributed by atoms with van der Waals surface area (Å²) in [5, 5.41) is 1.45. The fraction of sp³-hybridized carbons (Fsp3) is 0.375. The number of hydrogen-bond acceptors (Lipinski definition) is 2. The van der Waals surface area contributed by atoms with Crippen molar-refractivity contribution in [3.8, 4) is 0 Å². The van der Waals surface area contributed by atoms with Gasteiger partial charge in [0.2, 0.25) is 0 Å². The molecule has 27 heavy (non-hydrogen) atoms. The molecule has 2 aliphatic rings. The van der Waals surface area contributed by atoms with Crippen LogP contribution in [0, 0.1) is 6.92 Å². The lowest BCUT2D eigenvalue weighted by Gasteiger charge is -2.27. The van der Waals surface area contributed by atoms with Gasteiger partial charge in [-0.15, -0.1) is 0 Å². The van der Waals surface area contributed by atoms with Gasteiger partial charge in [0.05, 0.1) is 5.52 Å². The molecule has 3 aromatic rings. The van der Waals surface area contributed by atoms with E-state index in [0.717, 1.165) is 32.4 Å². The maximum absolute atomic E-state index is 4.36. The molecular weight excluding hydrogens is 330 g/mol. The second-order valence-corrected chi connectivity index (χ2v) is 8.22. The smallest absolute Gasteiger partial charge is 0.0531 e. The summed E-state index contributed by atoms with van der Waals surface area (Å²) < 4.78 is 2.56. The van der Waals surface area contributed by atoms with Gasteiger partial charge in [0, 0.05) is 42.3 Å². The van der Waals surface area contributed by atoms with E-state index in [2.05, 4.69) is 65.8 Å². The number of rotatable bonds is 1. The van der Waals surface area contributed by atoms with Gasteiger partial charge in [0.15, 0.2) is 0 Å². The molecule has 1 aliphatic heterocycles. The molecule has 0 N–H and O–H groups in total. The molecule has 0 atom stereocenters. The molecule has 0 unspecified atom stereocenters. The molecule has 0 radical (unpaired) electrons. The number of fused-ring (bicyclic) bond motifs is 4. The lowest BCUT2D eigenvalue weighted by Crippen LogP contribution is -2.27. The highest BCUT2D eigenvalue weighted by Crippen LogP contribution is 2.39. The van der Waals surface area contributed by atoms with Crippen LogP contribution in [0.25, 0.3) is 22.2 Å². The van der Waals surface area contributed by atoms with Gasteiger partial charge in [-0.05, 0) is 87.0 Å². The van der Waals surface area contributed by atoms with Crippen molar-refractivity contribution in [2.24, 2.45) is 0 Å². The fourth-order valence-corrected chi connectivity index (χ4v) is 5.01. The van der Waals surface area contributed by atoms with E-state index in [1.165, 1.54) is 51.0 Å². The van der Waals surface area contributed by atoms with Crippen LogP contribution in [0.2, 0.25) is 0 Å². The molecule has 0 amide bonds. The van der Waals surface area contributed by atoms with Crippen LogP contribution in [-0.4, -0.2) is 28.0 Å². The molecule has 3 heteroatoms. The predicted molar refractivity (Wildman–Crippen MR) is 113 cm³/mol. The van der Waals surface area contributed by atoms with Gasteiger partial charge >= 0.3 is 0 Å². The Morgan fingerprint density at radius 3 is 2.89 bits per heavy atom. The summed E-state index contributed by atoms with van der Waals surface area (Å²) >= 11 is 0. The van der Waals surface area contributed by atoms with Crippen LogP contribution in [-0.2, 0) is 19.4 Å². The number of aryl methyl sites for hydroxylation is 2. The third kappa shape index (κ3) is 2.64. The van der Waals surface area contributed by atoms with Gasteiger partial charge in [-0.2, -0.15) is 0 Å². The summed E-state index contributed by atoms with van der Waals surface area (Å²) in [6.07, 6.45) is 8.65. The number of hydrogen-bond donors (Lipinski definition) is 0. The van der Waals surface area contributed by atoms with Gasteiger partial charge in [-0.25, -0.2) is 0 Å². The first kappa shape index (κ1) is 16.8. The molecule has 0 saturated carbocycles. The molecule has 3 heterocycles. The van der Waals surface area contributed by atoms with Crippen molar-refractivity contribution in [2.75, 3.05) is 13.6 Å². The van der Waals surface area contributed by atoms with E-state index < -0.39 is 0 Å². The highest BCUT2D eigenvalue weighted by atomic mass is 15.1. The molecule has 0 saturated heterocycles. The summed E-state index contributed by atoms with van der Waals surface area (Å²) in [7, 11) is 2.24. The average Bonchev–Trinajstić information content (AvgIpc) is 2.99. The van der Waals surface area contributed by atoms with Crippen molar-refractivity contribution in [1.29, 1.82) is 0 Å². The topological polar surface area (TPSA) is 21.1 Å². The van der Waals surface area contributed by atoms with Crippen LogP contribution in [0.15, 0.2) is 36.7 Å². The monoisotopic (exact) mass is 357 g/mol. The van der Waals surface area contributed by atoms with Gasteiger partial charge in [-0.3, -0.25) is 4.98 Å². The van der Waals surface area contributed by atoms with E-state index in [0.29, 0.717) is 0 Å². The Labute approximate surface area is 161 Å². The van der Waals surface area contributed by atoms with E-state index in [4.69, 9.17) is 0 Å². The number of benzene rings is 1. The molecule has 5 rings (SSSR count). The first-order chi connectivity index (χ1) is 13.1. The third-order valence-electron chi connectivity index (χ3n) is 6.37. The second kappa shape index (κ2) is 6.35. The van der Waals surface area contributed by atoms with Crippen molar-refractivity contribution in [2.45, 2.75) is 46.1 Å². The summed E-state index contributed by atoms with van der Waals surface area (Å²) in [6, 6.07) is 9.17. The molecule has 2 aromatic heterocycles. The van der Waals surface area contributed by atoms with Gasteiger partial charge in [0.1, 0.15) is 0 Å². The Morgan fingerprint density at radius 1 is 1.11 bits per heavy atom. The van der Waals surface area contributed by atoms with Crippen molar-refractivity contribution in [1.82, 2.24) is 14.5 Å². The minimum absolute atomic E-state index is 1.02. The first-order valence-corrected chi connectivity index (χ1v) is 10.1. The Morgan fingerprint density at radius 2 is 2.00 bits per heavy atom. The van der Waals surface area contributed by atoms with E-state index in [1.54, 1.807) is 5.56 Å². The Balaban J connectivity index is 1.80. The van der Waals surface area contributed by atoms with Gasteiger partial charge < -0.3 is 9.47 Å². The van der Waals surface area contributed by atoms with Gasteiger partial charge in [-0.1, -0.05) is 11.6 Å². The normalized spacial score (nSPS) is 19.1. The molecule has 0 fully saturated rings. The van der Waals surface area contributed by atoms with Crippen LogP contribution in [0.3, 0.4) is 0 Å². The maximum atomic E-state index is 4.36. The fourth-order valence-electron chi connectivity index (χ4n) is 5.01. The maximum Gasteiger partial charge on any atom is 0.0531 e. The van der Waals surface area contributed by atoms with Crippen LogP contribution >= 0.6 is 0 Å². The number of nitrogens with zero attached hydrogens (tertiary/aromatic N) is 3. The zero-order valence-electron chi connectivity index (χ0n) is 16.5. The van der Waals surface area contributed by atoms with Crippen LogP contribution in [0.4, 0.5) is 0 Å². The molecular formula is C24H27N3. The Hall–Kier alpha value is -2.39. The van der Waals surface area contributed by atoms with Crippen molar-refractivity contribution in [3.63, 3.8) is 0 Å². The zero-order chi connectivity index (χ0) is 18.5. The predicted octanol–water partition coefficient (Wildman–Crippen LogP) is 5.06. The minimum Gasteiger partial charge on any atom is -0.316 e. The SMILES string of the molecule is C/C(=C1/CCCc2cnccc21)n1c2c(c3cc(C)ccc31)CCN(C)C2. The molecule has 1 aromatic carbocycles. The number of pyridine rings is 1. The molecule has 0 bridgehead atoms. The van der Waals surface area contributed by atoms with Crippen molar-refractivity contribution in [3.05, 3.63) is 64.6 Å². The Bertz CT molecular complexity index is 1070. The standard InChI is InChI=1S/C24H27N3/c1-16-7-8-23-22(13-16)21-10-12-26(3)15-24(21)27(23)17(2)19-6-4-5-18-14-25-11-9-20(18)19/h7-9,11,13-14H,4-6,10,12,15H2,1-3H3/b19-17+. The van der Waals surface area contributed by atoms with E-state index in [1.807, 2.05) is 6.20 Å². The van der Waals surface area contributed by atoms with Crippen LogP contribution in [0.1, 0.15) is 47.7 Å². The van der Waals surface area contributed by atoms with Crippen molar-refractivity contribution < 1.29 is 0 Å². The van der Waals surface area contributed by atoms with Gasteiger partial charge in [0.25, 0.3) is 0 Å². The summed E-state index contributed by atoms with van der Waals surface area (Å²) in [6.45, 7) is 6.69. The summed E-state index contributed by atoms with van der Waals surface area (Å²) in [5.74, 6) is 0. The highest BCUT2D eigenvalue weighted by Gasteiger charge is 2.25. The van der Waals surface area contributed by atoms with E-state index in [-0.39, 0.29) is 0 Å². The number of allylic oxidation sites excluding steroid dienone is 2. The molecule has 1 aliphatic carbocycles. The quantitative estimate of drug-likeness (QED) is 0.607. The van der Waals surface area contributed by atoms with Crippen molar-refractivity contribution >= 4 is 22.2 Å². The zero-order valence-corrected chi connectivity index (χ0v) is 16.5. The van der Waals surface area contributed by atoms with Crippen LogP contribution < -0.4 is 0 Å². The summed E-state index contributed by atoms with van der Waals surface area (Å²) in [5.41, 5.74) is 11.4. The summed E-state index contributed by atoms with van der Waals surface area (Å²) in [4.78, 5) is 6.80. The molecule has 0 spiro atoms. The average molecular weight is 358 g/mol. The lowest BCUT2D eigenvalue weighted by molar-refractivity contribution is 0.307. The third-order valence-corrected chi connectivity index (χ3v) is 6.37. The van der Waals surface area contributed by atoms with Crippen LogP contribution in [0.5, 0.6) is 0 Å². The molecule has 138 valence electrons. The van der Waals surface area contributed by atoms with E-state index in [9.17, 15) is 0 Å². The van der Waals surface area contributed by atoms with E-state index >= 15 is 0 Å². The number of likely N-dealkylation sites (N-methyl/N-ethyl adjacent to an activating group) is 1. The first-order valence-electron chi connectivity index (χ1n) is 10.1. The Kier molecular flexibility index (Phi) is 3.94. The minimum atomic E-state index is 1.02. The highest BCUT2D eigenvalue weighted by molar-refractivity contribution is 5.94. The largest absolute Gasteiger partial charge is 0.316 e. The number of aromatic nitrogens is 2. The lowest BCUT2D eigenvalue weighted by atomic mass is 9.87. The second-order valence-electron chi connectivity index (χ2n) is 8.22.